The van der Waals surface area contributed by atoms with Gasteiger partial charge >= 0.3 is 5.97 Å². The van der Waals surface area contributed by atoms with Crippen molar-refractivity contribution in [1.29, 1.82) is 0 Å². The molecule has 156 valence electrons. The average Bonchev–Trinajstić information content (AvgIpc) is 2.76. The molecule has 0 aliphatic carbocycles. The van der Waals surface area contributed by atoms with Gasteiger partial charge in [-0.05, 0) is 55.5 Å². The van der Waals surface area contributed by atoms with Gasteiger partial charge in [0.25, 0.3) is 0 Å². The lowest BCUT2D eigenvalue weighted by atomic mass is 10.0. The predicted molar refractivity (Wildman–Crippen MR) is 108 cm³/mol. The first-order valence-electron chi connectivity index (χ1n) is 9.33. The summed E-state index contributed by atoms with van der Waals surface area (Å²) in [6.45, 7) is 3.55. The van der Waals surface area contributed by atoms with Crippen molar-refractivity contribution < 1.29 is 28.7 Å². The molecule has 0 aromatic heterocycles. The van der Waals surface area contributed by atoms with Gasteiger partial charge in [-0.15, -0.1) is 0 Å². The van der Waals surface area contributed by atoms with E-state index >= 15 is 0 Å². The number of isocyanates is 1. The first-order chi connectivity index (χ1) is 14.4. The quantitative estimate of drug-likeness (QED) is 0.279. The van der Waals surface area contributed by atoms with Crippen LogP contribution in [0.15, 0.2) is 53.5 Å². The molecule has 1 amide bonds. The van der Waals surface area contributed by atoms with E-state index in [2.05, 4.69) is 10.3 Å². The van der Waals surface area contributed by atoms with E-state index in [0.717, 1.165) is 0 Å². The number of ketones is 1. The molecule has 0 aliphatic heterocycles. The van der Waals surface area contributed by atoms with E-state index < -0.39 is 11.9 Å². The first kappa shape index (κ1) is 22.5. The summed E-state index contributed by atoms with van der Waals surface area (Å²) in [6.07, 6.45) is 1.44. The van der Waals surface area contributed by atoms with Crippen LogP contribution in [0.3, 0.4) is 0 Å². The second-order valence-corrected chi connectivity index (χ2v) is 6.34. The van der Waals surface area contributed by atoms with E-state index in [1.54, 1.807) is 62.4 Å². The van der Waals surface area contributed by atoms with Gasteiger partial charge in [0.2, 0.25) is 12.0 Å². The topological polar surface area (TPSA) is 111 Å². The molecular weight excluding hydrogens is 388 g/mol. The Morgan fingerprint density at radius 3 is 2.20 bits per heavy atom. The molecule has 0 spiro atoms. The Balaban J connectivity index is 1.87. The number of aliphatic imine (C=N–C) groups is 1. The number of hydrogen-bond acceptors (Lipinski definition) is 7. The monoisotopic (exact) mass is 410 g/mol. The van der Waals surface area contributed by atoms with Crippen molar-refractivity contribution in [3.63, 3.8) is 0 Å². The highest BCUT2D eigenvalue weighted by molar-refractivity contribution is 6.09. The Labute approximate surface area is 173 Å². The second kappa shape index (κ2) is 11.3. The van der Waals surface area contributed by atoms with Gasteiger partial charge < -0.3 is 14.8 Å². The van der Waals surface area contributed by atoms with Crippen LogP contribution in [0.1, 0.15) is 29.8 Å². The Bertz CT molecular complexity index is 931. The second-order valence-electron chi connectivity index (χ2n) is 6.34. The molecule has 0 aliphatic rings. The van der Waals surface area contributed by atoms with Gasteiger partial charge in [-0.25, -0.2) is 4.79 Å². The molecule has 1 atom stereocenters. The van der Waals surface area contributed by atoms with Gasteiger partial charge in [0.15, 0.2) is 5.78 Å². The minimum absolute atomic E-state index is 0.112. The summed E-state index contributed by atoms with van der Waals surface area (Å²) in [4.78, 5) is 49.5. The highest BCUT2D eigenvalue weighted by Crippen LogP contribution is 2.18. The Morgan fingerprint density at radius 1 is 1.03 bits per heavy atom. The number of hydrogen-bond donors (Lipinski definition) is 1. The van der Waals surface area contributed by atoms with Crippen LogP contribution in [0.4, 0.5) is 5.69 Å². The molecule has 0 bridgehead atoms. The van der Waals surface area contributed by atoms with Crippen molar-refractivity contribution in [2.24, 2.45) is 10.9 Å². The first-order valence-corrected chi connectivity index (χ1v) is 9.33. The molecule has 0 heterocycles. The van der Waals surface area contributed by atoms with Crippen LogP contribution in [0, 0.1) is 5.92 Å². The summed E-state index contributed by atoms with van der Waals surface area (Å²) in [5.74, 6) is -0.974. The van der Waals surface area contributed by atoms with E-state index in [0.29, 0.717) is 22.6 Å². The molecular formula is C22H22N2O6. The van der Waals surface area contributed by atoms with E-state index in [1.165, 1.54) is 6.08 Å². The molecule has 2 rings (SSSR count). The van der Waals surface area contributed by atoms with E-state index in [9.17, 15) is 19.2 Å². The lowest BCUT2D eigenvalue weighted by Crippen LogP contribution is -2.36. The highest BCUT2D eigenvalue weighted by atomic mass is 16.5. The van der Waals surface area contributed by atoms with Gasteiger partial charge in [-0.2, -0.15) is 4.99 Å². The van der Waals surface area contributed by atoms with Crippen molar-refractivity contribution in [1.82, 2.24) is 5.32 Å². The number of esters is 1. The zero-order valence-electron chi connectivity index (χ0n) is 16.7. The predicted octanol–water partition coefficient (Wildman–Crippen LogP) is 2.58. The normalized spacial score (nSPS) is 11.0. The highest BCUT2D eigenvalue weighted by Gasteiger charge is 2.15. The number of amides is 1. The number of rotatable bonds is 10. The zero-order valence-corrected chi connectivity index (χ0v) is 16.7. The summed E-state index contributed by atoms with van der Waals surface area (Å²) >= 11 is 0. The third kappa shape index (κ3) is 6.68. The minimum Gasteiger partial charge on any atom is -0.493 e. The molecule has 0 fully saturated rings. The van der Waals surface area contributed by atoms with Crippen molar-refractivity contribution in [3.05, 3.63) is 59.7 Å². The Morgan fingerprint density at radius 2 is 1.63 bits per heavy atom. The van der Waals surface area contributed by atoms with Crippen LogP contribution in [-0.4, -0.2) is 43.5 Å². The lowest BCUT2D eigenvalue weighted by molar-refractivity contribution is -0.143. The van der Waals surface area contributed by atoms with Gasteiger partial charge in [0, 0.05) is 11.1 Å². The third-order valence-electron chi connectivity index (χ3n) is 4.08. The van der Waals surface area contributed by atoms with Crippen molar-refractivity contribution >= 4 is 29.4 Å². The van der Waals surface area contributed by atoms with Crippen molar-refractivity contribution in [2.75, 3.05) is 19.8 Å². The Hall–Kier alpha value is -3.77. The molecule has 8 heteroatoms. The van der Waals surface area contributed by atoms with Gasteiger partial charge in [0.1, 0.15) is 12.3 Å². The van der Waals surface area contributed by atoms with Gasteiger partial charge in [-0.1, -0.05) is 6.92 Å². The smallest absolute Gasteiger partial charge is 0.325 e. The molecule has 0 radical (unpaired) electrons. The molecule has 1 unspecified atom stereocenters. The van der Waals surface area contributed by atoms with Crippen molar-refractivity contribution in [2.45, 2.75) is 13.8 Å². The summed E-state index contributed by atoms with van der Waals surface area (Å²) < 4.78 is 10.3. The standard InChI is InChI=1S/C22H22N2O6/c1-3-29-20(26)12-23-22(28)15(2)13-30-19-10-6-17(7-11-19)21(27)16-4-8-18(9-5-16)24-14-25/h4-11,15H,3,12-13H2,1-2H3,(H,23,28). The van der Waals surface area contributed by atoms with Crippen LogP contribution in [0.25, 0.3) is 0 Å². The number of carbonyl (C=O) groups excluding carboxylic acids is 4. The third-order valence-corrected chi connectivity index (χ3v) is 4.08. The van der Waals surface area contributed by atoms with E-state index in [4.69, 9.17) is 9.47 Å². The molecule has 8 nitrogen and oxygen atoms in total. The summed E-state index contributed by atoms with van der Waals surface area (Å²) in [6, 6.07) is 12.8. The maximum Gasteiger partial charge on any atom is 0.325 e. The summed E-state index contributed by atoms with van der Waals surface area (Å²) in [5.41, 5.74) is 1.35. The largest absolute Gasteiger partial charge is 0.493 e. The maximum atomic E-state index is 12.5. The van der Waals surface area contributed by atoms with E-state index in [-0.39, 0.29) is 31.4 Å². The minimum atomic E-state index is -0.495. The van der Waals surface area contributed by atoms with Gasteiger partial charge in [-0.3, -0.25) is 14.4 Å². The van der Waals surface area contributed by atoms with Crippen LogP contribution >= 0.6 is 0 Å². The van der Waals surface area contributed by atoms with Crippen LogP contribution in [0.5, 0.6) is 5.75 Å². The number of ether oxygens (including phenoxy) is 2. The maximum absolute atomic E-state index is 12.5. The average molecular weight is 410 g/mol. The molecule has 30 heavy (non-hydrogen) atoms. The molecule has 2 aromatic carbocycles. The van der Waals surface area contributed by atoms with Crippen LogP contribution in [-0.2, 0) is 19.1 Å². The number of nitrogens with zero attached hydrogens (tertiary/aromatic N) is 1. The molecule has 1 N–H and O–H groups in total. The lowest BCUT2D eigenvalue weighted by Gasteiger charge is -2.13. The van der Waals surface area contributed by atoms with Crippen LogP contribution < -0.4 is 10.1 Å². The fraction of sp³-hybridized carbons (Fsp3) is 0.273. The molecule has 2 aromatic rings. The fourth-order valence-electron chi connectivity index (χ4n) is 2.45. The van der Waals surface area contributed by atoms with E-state index in [1.807, 2.05) is 0 Å². The SMILES string of the molecule is CCOC(=O)CNC(=O)C(C)COc1ccc(C(=O)c2ccc(N=C=O)cc2)cc1. The molecule has 0 saturated heterocycles. The summed E-state index contributed by atoms with van der Waals surface area (Å²) in [7, 11) is 0. The van der Waals surface area contributed by atoms with Gasteiger partial charge in [0.05, 0.1) is 24.8 Å². The number of nitrogens with one attached hydrogen (secondary N) is 1. The Kier molecular flexibility index (Phi) is 8.47. The van der Waals surface area contributed by atoms with Crippen LogP contribution in [0.2, 0.25) is 0 Å². The number of carbonyl (C=O) groups is 3. The number of benzene rings is 2. The summed E-state index contributed by atoms with van der Waals surface area (Å²) in [5, 5.41) is 2.49. The molecule has 0 saturated carbocycles. The van der Waals surface area contributed by atoms with Crippen molar-refractivity contribution in [3.8, 4) is 5.75 Å². The zero-order chi connectivity index (χ0) is 21.9. The fourth-order valence-corrected chi connectivity index (χ4v) is 2.45.